The number of nitrogens with zero attached hydrogens (tertiary/aromatic N) is 2. The van der Waals surface area contributed by atoms with E-state index in [1.165, 1.54) is 5.69 Å². The molecule has 15 heavy (non-hydrogen) atoms. The highest BCUT2D eigenvalue weighted by Crippen LogP contribution is 2.00. The van der Waals surface area contributed by atoms with E-state index in [4.69, 9.17) is 4.74 Å². The predicted octanol–water partition coefficient (Wildman–Crippen LogP) is 1.13. The van der Waals surface area contributed by atoms with Crippen molar-refractivity contribution in [3.63, 3.8) is 0 Å². The minimum absolute atomic E-state index is 0.785. The van der Waals surface area contributed by atoms with Crippen molar-refractivity contribution in [2.75, 3.05) is 26.3 Å². The van der Waals surface area contributed by atoms with Crippen LogP contribution in [-0.2, 0) is 11.3 Å². The normalized spacial score (nSPS) is 10.9. The molecule has 0 unspecified atom stereocenters. The van der Waals surface area contributed by atoms with E-state index >= 15 is 0 Å². The Labute approximate surface area is 91.6 Å². The second-order valence-corrected chi connectivity index (χ2v) is 3.60. The second kappa shape index (κ2) is 6.58. The minimum atomic E-state index is 0.785. The maximum atomic E-state index is 5.23. The van der Waals surface area contributed by atoms with E-state index in [1.807, 2.05) is 18.5 Å². The summed E-state index contributed by atoms with van der Waals surface area (Å²) in [4.78, 5) is 0. The molecule has 0 amide bonds. The molecule has 0 spiro atoms. The van der Waals surface area contributed by atoms with E-state index in [2.05, 4.69) is 23.4 Å². The molecule has 1 aromatic heterocycles. The lowest BCUT2D eigenvalue weighted by molar-refractivity contribution is 0.149. The molecule has 0 saturated carbocycles. The zero-order valence-corrected chi connectivity index (χ0v) is 9.92. The topological polar surface area (TPSA) is 39.1 Å². The highest BCUT2D eigenvalue weighted by molar-refractivity contribution is 5.06. The van der Waals surface area contributed by atoms with Crippen LogP contribution in [0.15, 0.2) is 6.07 Å². The molecule has 0 saturated heterocycles. The van der Waals surface area contributed by atoms with E-state index < -0.39 is 0 Å². The van der Waals surface area contributed by atoms with E-state index in [0.717, 1.165) is 38.5 Å². The summed E-state index contributed by atoms with van der Waals surface area (Å²) >= 11 is 0. The molecule has 4 heteroatoms. The molecule has 0 bridgehead atoms. The number of aromatic nitrogens is 2. The van der Waals surface area contributed by atoms with Crippen molar-refractivity contribution in [2.45, 2.75) is 27.3 Å². The fraction of sp³-hybridized carbons (Fsp3) is 0.727. The van der Waals surface area contributed by atoms with Crippen LogP contribution in [-0.4, -0.2) is 36.1 Å². The first-order chi connectivity index (χ1) is 7.24. The van der Waals surface area contributed by atoms with Crippen molar-refractivity contribution >= 4 is 0 Å². The Balaban J connectivity index is 2.12. The van der Waals surface area contributed by atoms with Crippen molar-refractivity contribution in [1.82, 2.24) is 15.1 Å². The number of aryl methyl sites for hydroxylation is 2. The fourth-order valence-electron chi connectivity index (χ4n) is 1.50. The van der Waals surface area contributed by atoms with Gasteiger partial charge in [0.1, 0.15) is 0 Å². The van der Waals surface area contributed by atoms with Crippen molar-refractivity contribution < 1.29 is 4.74 Å². The summed E-state index contributed by atoms with van der Waals surface area (Å²) in [5.41, 5.74) is 2.31. The van der Waals surface area contributed by atoms with Crippen molar-refractivity contribution in [3.8, 4) is 0 Å². The van der Waals surface area contributed by atoms with E-state index in [-0.39, 0.29) is 0 Å². The van der Waals surface area contributed by atoms with Crippen molar-refractivity contribution in [3.05, 3.63) is 17.5 Å². The molecule has 86 valence electrons. The summed E-state index contributed by atoms with van der Waals surface area (Å²) in [7, 11) is 0. The van der Waals surface area contributed by atoms with Crippen LogP contribution in [0.3, 0.4) is 0 Å². The van der Waals surface area contributed by atoms with Gasteiger partial charge in [-0.2, -0.15) is 5.10 Å². The Hall–Kier alpha value is -0.870. The smallest absolute Gasteiger partial charge is 0.0596 e. The molecule has 0 radical (unpaired) electrons. The zero-order chi connectivity index (χ0) is 11.1. The van der Waals surface area contributed by atoms with Gasteiger partial charge in [-0.3, -0.25) is 4.68 Å². The third kappa shape index (κ3) is 4.44. The highest BCUT2D eigenvalue weighted by atomic mass is 16.5. The zero-order valence-electron chi connectivity index (χ0n) is 9.92. The summed E-state index contributed by atoms with van der Waals surface area (Å²) in [5.74, 6) is 0. The van der Waals surface area contributed by atoms with Gasteiger partial charge in [-0.15, -0.1) is 0 Å². The average molecular weight is 211 g/mol. The number of nitrogens with one attached hydrogen (secondary N) is 1. The van der Waals surface area contributed by atoms with Crippen LogP contribution < -0.4 is 5.32 Å². The van der Waals surface area contributed by atoms with Crippen LogP contribution in [0.2, 0.25) is 0 Å². The summed E-state index contributed by atoms with van der Waals surface area (Å²) < 4.78 is 7.26. The number of hydrogen-bond donors (Lipinski definition) is 1. The molecule has 0 atom stereocenters. The molecule has 1 rings (SSSR count). The number of ether oxygens (including phenoxy) is 1. The van der Waals surface area contributed by atoms with Crippen LogP contribution in [0, 0.1) is 13.8 Å². The van der Waals surface area contributed by atoms with Gasteiger partial charge in [0.2, 0.25) is 0 Å². The van der Waals surface area contributed by atoms with Crippen LogP contribution in [0.5, 0.6) is 0 Å². The van der Waals surface area contributed by atoms with Gasteiger partial charge in [0, 0.05) is 25.4 Å². The van der Waals surface area contributed by atoms with E-state index in [0.29, 0.717) is 0 Å². The lowest BCUT2D eigenvalue weighted by Gasteiger charge is -2.06. The highest BCUT2D eigenvalue weighted by Gasteiger charge is 1.99. The molecule has 0 aromatic carbocycles. The molecule has 1 aromatic rings. The van der Waals surface area contributed by atoms with Crippen LogP contribution >= 0.6 is 0 Å². The standard InChI is InChI=1S/C11H21N3O/c1-4-15-8-6-12-5-7-14-11(3)9-10(2)13-14/h9,12H,4-8H2,1-3H3. The Kier molecular flexibility index (Phi) is 5.36. The Morgan fingerprint density at radius 1 is 1.40 bits per heavy atom. The summed E-state index contributed by atoms with van der Waals surface area (Å²) in [6, 6.07) is 2.10. The van der Waals surface area contributed by atoms with Gasteiger partial charge in [-0.25, -0.2) is 0 Å². The van der Waals surface area contributed by atoms with Crippen LogP contribution in [0.4, 0.5) is 0 Å². The minimum Gasteiger partial charge on any atom is -0.380 e. The molecule has 0 fully saturated rings. The fourth-order valence-corrected chi connectivity index (χ4v) is 1.50. The Morgan fingerprint density at radius 2 is 2.20 bits per heavy atom. The summed E-state index contributed by atoms with van der Waals surface area (Å²) in [6.07, 6.45) is 0. The van der Waals surface area contributed by atoms with Gasteiger partial charge < -0.3 is 10.1 Å². The largest absolute Gasteiger partial charge is 0.380 e. The quantitative estimate of drug-likeness (QED) is 0.687. The van der Waals surface area contributed by atoms with Gasteiger partial charge in [-0.05, 0) is 26.8 Å². The lowest BCUT2D eigenvalue weighted by Crippen LogP contribution is -2.24. The first kappa shape index (κ1) is 12.2. The molecule has 0 aliphatic rings. The molecule has 0 aliphatic carbocycles. The third-order valence-corrected chi connectivity index (χ3v) is 2.23. The van der Waals surface area contributed by atoms with E-state index in [1.54, 1.807) is 0 Å². The SMILES string of the molecule is CCOCCNCCn1nc(C)cc1C. The Morgan fingerprint density at radius 3 is 2.80 bits per heavy atom. The molecular formula is C11H21N3O. The first-order valence-electron chi connectivity index (χ1n) is 5.53. The molecule has 1 N–H and O–H groups in total. The van der Waals surface area contributed by atoms with E-state index in [9.17, 15) is 0 Å². The predicted molar refractivity (Wildman–Crippen MR) is 61.1 cm³/mol. The van der Waals surface area contributed by atoms with Crippen molar-refractivity contribution in [2.24, 2.45) is 0 Å². The molecule has 0 aliphatic heterocycles. The van der Waals surface area contributed by atoms with Gasteiger partial charge in [0.05, 0.1) is 18.8 Å². The molecular weight excluding hydrogens is 190 g/mol. The van der Waals surface area contributed by atoms with Gasteiger partial charge in [-0.1, -0.05) is 0 Å². The number of hydrogen-bond acceptors (Lipinski definition) is 3. The van der Waals surface area contributed by atoms with Gasteiger partial charge in [0.15, 0.2) is 0 Å². The Bertz CT molecular complexity index is 283. The second-order valence-electron chi connectivity index (χ2n) is 3.60. The monoisotopic (exact) mass is 211 g/mol. The maximum absolute atomic E-state index is 5.23. The maximum Gasteiger partial charge on any atom is 0.0596 e. The number of rotatable bonds is 7. The summed E-state index contributed by atoms with van der Waals surface area (Å²) in [5, 5.41) is 7.71. The third-order valence-electron chi connectivity index (χ3n) is 2.23. The van der Waals surface area contributed by atoms with Crippen LogP contribution in [0.1, 0.15) is 18.3 Å². The van der Waals surface area contributed by atoms with Gasteiger partial charge in [0.25, 0.3) is 0 Å². The van der Waals surface area contributed by atoms with Crippen LogP contribution in [0.25, 0.3) is 0 Å². The summed E-state index contributed by atoms with van der Waals surface area (Å²) in [6.45, 7) is 10.5. The van der Waals surface area contributed by atoms with Gasteiger partial charge >= 0.3 is 0 Å². The average Bonchev–Trinajstić information content (AvgIpc) is 2.51. The van der Waals surface area contributed by atoms with Crippen molar-refractivity contribution in [1.29, 1.82) is 0 Å². The first-order valence-corrected chi connectivity index (χ1v) is 5.53. The molecule has 4 nitrogen and oxygen atoms in total. The lowest BCUT2D eigenvalue weighted by atomic mass is 10.4. The molecule has 1 heterocycles.